The van der Waals surface area contributed by atoms with Crippen LogP contribution in [0.2, 0.25) is 0 Å². The van der Waals surface area contributed by atoms with Crippen LogP contribution in [0.5, 0.6) is 0 Å². The highest BCUT2D eigenvalue weighted by Crippen LogP contribution is 2.29. The molecule has 0 aliphatic rings. The van der Waals surface area contributed by atoms with Gasteiger partial charge < -0.3 is 14.5 Å². The summed E-state index contributed by atoms with van der Waals surface area (Å²) in [7, 11) is 4.92. The average Bonchev–Trinajstić information content (AvgIpc) is 2.69. The van der Waals surface area contributed by atoms with Gasteiger partial charge in [0.25, 0.3) is 5.91 Å². The number of hydrogen-bond acceptors (Lipinski definition) is 4. The third-order valence-corrected chi connectivity index (χ3v) is 4.26. The third kappa shape index (κ3) is 6.32. The Bertz CT molecular complexity index is 866. The first-order chi connectivity index (χ1) is 13.6. The van der Waals surface area contributed by atoms with E-state index in [-0.39, 0.29) is 23.6 Å². The van der Waals surface area contributed by atoms with Gasteiger partial charge in [-0.05, 0) is 50.0 Å². The minimum Gasteiger partial charge on any atom is -0.465 e. The fraction of sp³-hybridized carbons (Fsp3) is 0.333. The van der Waals surface area contributed by atoms with E-state index < -0.39 is 17.7 Å². The van der Waals surface area contributed by atoms with E-state index >= 15 is 0 Å². The summed E-state index contributed by atoms with van der Waals surface area (Å²) < 4.78 is 43.7. The number of halogens is 3. The topological polar surface area (TPSA) is 49.9 Å². The Kier molecular flexibility index (Phi) is 7.39. The van der Waals surface area contributed by atoms with E-state index in [0.717, 1.165) is 12.1 Å². The molecule has 0 spiro atoms. The lowest BCUT2D eigenvalue weighted by Crippen LogP contribution is -2.36. The molecule has 1 amide bonds. The Morgan fingerprint density at radius 3 is 2.24 bits per heavy atom. The Morgan fingerprint density at radius 2 is 1.62 bits per heavy atom. The molecule has 0 fully saturated rings. The van der Waals surface area contributed by atoms with Gasteiger partial charge in [-0.15, -0.1) is 0 Å². The minimum atomic E-state index is -4.46. The summed E-state index contributed by atoms with van der Waals surface area (Å²) in [5.74, 6) is -0.951. The van der Waals surface area contributed by atoms with E-state index in [4.69, 9.17) is 0 Å². The SMILES string of the molecule is COC(=O)c1cccc(C(=O)N(CCN(C)C)Cc2cccc(C(F)(F)F)c2)c1. The van der Waals surface area contributed by atoms with Crippen LogP contribution in [-0.4, -0.2) is 56.0 Å². The van der Waals surface area contributed by atoms with E-state index in [0.29, 0.717) is 18.7 Å². The second kappa shape index (κ2) is 9.56. The summed E-state index contributed by atoms with van der Waals surface area (Å²) in [6.45, 7) is 0.852. The first kappa shape index (κ1) is 22.4. The first-order valence-corrected chi connectivity index (χ1v) is 8.90. The smallest absolute Gasteiger partial charge is 0.416 e. The Hall–Kier alpha value is -2.87. The lowest BCUT2D eigenvalue weighted by molar-refractivity contribution is -0.137. The molecule has 2 aromatic rings. The van der Waals surface area contributed by atoms with Gasteiger partial charge in [0.2, 0.25) is 0 Å². The number of alkyl halides is 3. The molecule has 0 bridgehead atoms. The van der Waals surface area contributed by atoms with Crippen LogP contribution in [0.3, 0.4) is 0 Å². The van der Waals surface area contributed by atoms with Gasteiger partial charge in [-0.2, -0.15) is 13.2 Å². The van der Waals surface area contributed by atoms with Gasteiger partial charge in [0.05, 0.1) is 18.2 Å². The number of carbonyl (C=O) groups is 2. The van der Waals surface area contributed by atoms with Crippen molar-refractivity contribution in [2.75, 3.05) is 34.3 Å². The first-order valence-electron chi connectivity index (χ1n) is 8.90. The van der Waals surface area contributed by atoms with Gasteiger partial charge in [-0.1, -0.05) is 18.2 Å². The lowest BCUT2D eigenvalue weighted by atomic mass is 10.1. The molecule has 5 nitrogen and oxygen atoms in total. The zero-order valence-corrected chi connectivity index (χ0v) is 16.5. The molecule has 2 aromatic carbocycles. The number of methoxy groups -OCH3 is 1. The Balaban J connectivity index is 2.31. The Labute approximate surface area is 167 Å². The van der Waals surface area contributed by atoms with Crippen molar-refractivity contribution in [3.05, 3.63) is 70.8 Å². The molecule has 0 aliphatic heterocycles. The second-order valence-electron chi connectivity index (χ2n) is 6.80. The molecule has 0 radical (unpaired) electrons. The molecule has 0 aliphatic carbocycles. The highest BCUT2D eigenvalue weighted by Gasteiger charge is 2.30. The lowest BCUT2D eigenvalue weighted by Gasteiger charge is -2.25. The number of amides is 1. The Morgan fingerprint density at radius 1 is 0.966 bits per heavy atom. The molecule has 0 saturated heterocycles. The van der Waals surface area contributed by atoms with Gasteiger partial charge in [0.1, 0.15) is 0 Å². The molecule has 8 heteroatoms. The summed E-state index contributed by atoms with van der Waals surface area (Å²) >= 11 is 0. The molecule has 156 valence electrons. The molecule has 0 aromatic heterocycles. The predicted octanol–water partition coefficient (Wildman–Crippen LogP) is 3.70. The zero-order chi connectivity index (χ0) is 21.6. The highest BCUT2D eigenvalue weighted by molar-refractivity contribution is 5.97. The van der Waals surface area contributed by atoms with E-state index in [1.54, 1.807) is 18.2 Å². The molecule has 0 heterocycles. The fourth-order valence-corrected chi connectivity index (χ4v) is 2.72. The number of benzene rings is 2. The van der Waals surface area contributed by atoms with Crippen molar-refractivity contribution in [3.63, 3.8) is 0 Å². The summed E-state index contributed by atoms with van der Waals surface area (Å²) in [4.78, 5) is 28.1. The fourth-order valence-electron chi connectivity index (χ4n) is 2.72. The number of hydrogen-bond donors (Lipinski definition) is 0. The van der Waals surface area contributed by atoms with Crippen LogP contribution in [0.4, 0.5) is 13.2 Å². The molecule has 0 saturated carbocycles. The van der Waals surface area contributed by atoms with Crippen LogP contribution in [-0.2, 0) is 17.5 Å². The number of ether oxygens (including phenoxy) is 1. The van der Waals surface area contributed by atoms with Crippen molar-refractivity contribution < 1.29 is 27.5 Å². The van der Waals surface area contributed by atoms with Crippen LogP contribution in [0.15, 0.2) is 48.5 Å². The minimum absolute atomic E-state index is 0.0129. The van der Waals surface area contributed by atoms with E-state index in [1.165, 1.54) is 30.2 Å². The normalized spacial score (nSPS) is 11.4. The summed E-state index contributed by atoms with van der Waals surface area (Å²) in [5.41, 5.74) is 0.0994. The van der Waals surface area contributed by atoms with Crippen molar-refractivity contribution in [2.24, 2.45) is 0 Å². The third-order valence-electron chi connectivity index (χ3n) is 4.26. The number of likely N-dealkylation sites (N-methyl/N-ethyl adjacent to an activating group) is 1. The van der Waals surface area contributed by atoms with Gasteiger partial charge in [0.15, 0.2) is 0 Å². The molecule has 0 N–H and O–H groups in total. The van der Waals surface area contributed by atoms with Crippen molar-refractivity contribution in [1.82, 2.24) is 9.80 Å². The zero-order valence-electron chi connectivity index (χ0n) is 16.5. The molecule has 29 heavy (non-hydrogen) atoms. The van der Waals surface area contributed by atoms with Crippen LogP contribution < -0.4 is 0 Å². The van der Waals surface area contributed by atoms with E-state index in [1.807, 2.05) is 19.0 Å². The second-order valence-corrected chi connectivity index (χ2v) is 6.80. The van der Waals surface area contributed by atoms with Crippen LogP contribution in [0.1, 0.15) is 31.8 Å². The molecule has 0 atom stereocenters. The van der Waals surface area contributed by atoms with Crippen molar-refractivity contribution in [3.8, 4) is 0 Å². The molecular weight excluding hydrogens is 385 g/mol. The monoisotopic (exact) mass is 408 g/mol. The maximum atomic E-state index is 13.0. The largest absolute Gasteiger partial charge is 0.465 e. The molecule has 2 rings (SSSR count). The highest BCUT2D eigenvalue weighted by atomic mass is 19.4. The quantitative estimate of drug-likeness (QED) is 0.656. The number of carbonyl (C=O) groups excluding carboxylic acids is 2. The molecular formula is C21H23F3N2O3. The predicted molar refractivity (Wildman–Crippen MR) is 103 cm³/mol. The maximum Gasteiger partial charge on any atom is 0.416 e. The van der Waals surface area contributed by atoms with Crippen LogP contribution in [0, 0.1) is 0 Å². The van der Waals surface area contributed by atoms with Crippen LogP contribution in [0.25, 0.3) is 0 Å². The number of rotatable bonds is 7. The van der Waals surface area contributed by atoms with Crippen LogP contribution >= 0.6 is 0 Å². The van der Waals surface area contributed by atoms with Crippen molar-refractivity contribution in [1.29, 1.82) is 0 Å². The summed E-state index contributed by atoms with van der Waals surface area (Å²) in [6.07, 6.45) is -4.46. The van der Waals surface area contributed by atoms with E-state index in [2.05, 4.69) is 4.74 Å². The van der Waals surface area contributed by atoms with Gasteiger partial charge in [-0.25, -0.2) is 4.79 Å². The van der Waals surface area contributed by atoms with Gasteiger partial charge >= 0.3 is 12.1 Å². The van der Waals surface area contributed by atoms with Crippen molar-refractivity contribution in [2.45, 2.75) is 12.7 Å². The number of esters is 1. The molecule has 0 unspecified atom stereocenters. The van der Waals surface area contributed by atoms with Gasteiger partial charge in [-0.3, -0.25) is 4.79 Å². The summed E-state index contributed by atoms with van der Waals surface area (Å²) in [5, 5.41) is 0. The van der Waals surface area contributed by atoms with Gasteiger partial charge in [0, 0.05) is 25.2 Å². The average molecular weight is 408 g/mol. The maximum absolute atomic E-state index is 13.0. The van der Waals surface area contributed by atoms with Crippen molar-refractivity contribution >= 4 is 11.9 Å². The standard InChI is InChI=1S/C21H23F3N2O3/c1-25(2)10-11-26(14-15-6-4-9-18(12-15)21(22,23)24)19(27)16-7-5-8-17(13-16)20(28)29-3/h4-9,12-13H,10-11,14H2,1-3H3. The number of nitrogens with zero attached hydrogens (tertiary/aromatic N) is 2. The summed E-state index contributed by atoms with van der Waals surface area (Å²) in [6, 6.07) is 11.0. The van der Waals surface area contributed by atoms with E-state index in [9.17, 15) is 22.8 Å².